The van der Waals surface area contributed by atoms with Crippen molar-refractivity contribution >= 4 is 22.8 Å². The standard InChI is InChI=1S/C16H30N2O3S/c1-4-17(8-9-19)7-5-6-13(2)18-11-15(10-16(18)21)12-22-14(3)20/h13,15,19H,4-12H2,1-3H3. The predicted octanol–water partition coefficient (Wildman–Crippen LogP) is 1.60. The summed E-state index contributed by atoms with van der Waals surface area (Å²) < 4.78 is 0. The summed E-state index contributed by atoms with van der Waals surface area (Å²) >= 11 is 1.33. The number of hydrogen-bond acceptors (Lipinski definition) is 5. The minimum atomic E-state index is 0.127. The summed E-state index contributed by atoms with van der Waals surface area (Å²) in [4.78, 5) is 27.3. The second-order valence-electron chi connectivity index (χ2n) is 6.07. The van der Waals surface area contributed by atoms with Gasteiger partial charge in [-0.05, 0) is 38.8 Å². The summed E-state index contributed by atoms with van der Waals surface area (Å²) in [5.41, 5.74) is 0. The average molecular weight is 330 g/mol. The van der Waals surface area contributed by atoms with Crippen LogP contribution in [-0.4, -0.2) is 70.5 Å². The molecule has 1 rings (SSSR count). The molecule has 1 fully saturated rings. The van der Waals surface area contributed by atoms with Crippen molar-refractivity contribution in [2.75, 3.05) is 38.5 Å². The number of thioether (sulfide) groups is 1. The maximum absolute atomic E-state index is 12.1. The lowest BCUT2D eigenvalue weighted by atomic mass is 10.1. The van der Waals surface area contributed by atoms with E-state index in [1.807, 2.05) is 4.90 Å². The molecular weight excluding hydrogens is 300 g/mol. The minimum absolute atomic E-state index is 0.127. The van der Waals surface area contributed by atoms with Crippen LogP contribution < -0.4 is 0 Å². The fourth-order valence-corrected chi connectivity index (χ4v) is 3.61. The molecule has 1 heterocycles. The van der Waals surface area contributed by atoms with E-state index in [2.05, 4.69) is 18.7 Å². The molecule has 2 atom stereocenters. The molecule has 128 valence electrons. The molecule has 1 aliphatic heterocycles. The molecule has 2 unspecified atom stereocenters. The van der Waals surface area contributed by atoms with Gasteiger partial charge in [0.05, 0.1) is 6.61 Å². The van der Waals surface area contributed by atoms with Gasteiger partial charge < -0.3 is 14.9 Å². The molecule has 1 saturated heterocycles. The number of carbonyl (C=O) groups is 2. The highest BCUT2D eigenvalue weighted by molar-refractivity contribution is 8.13. The van der Waals surface area contributed by atoms with Crippen LogP contribution in [0, 0.1) is 5.92 Å². The van der Waals surface area contributed by atoms with Gasteiger partial charge in [0.2, 0.25) is 5.91 Å². The molecule has 0 aromatic heterocycles. The van der Waals surface area contributed by atoms with Crippen molar-refractivity contribution < 1.29 is 14.7 Å². The first kappa shape index (κ1) is 19.5. The van der Waals surface area contributed by atoms with Crippen molar-refractivity contribution in [2.24, 2.45) is 5.92 Å². The van der Waals surface area contributed by atoms with Crippen LogP contribution in [0.5, 0.6) is 0 Å². The summed E-state index contributed by atoms with van der Waals surface area (Å²) in [6, 6.07) is 0.257. The molecule has 0 spiro atoms. The Morgan fingerprint density at radius 2 is 2.23 bits per heavy atom. The van der Waals surface area contributed by atoms with Crippen molar-refractivity contribution in [1.29, 1.82) is 0 Å². The van der Waals surface area contributed by atoms with Gasteiger partial charge in [0.25, 0.3) is 0 Å². The van der Waals surface area contributed by atoms with Gasteiger partial charge >= 0.3 is 0 Å². The first-order valence-corrected chi connectivity index (χ1v) is 9.22. The zero-order valence-electron chi connectivity index (χ0n) is 14.1. The molecule has 5 nitrogen and oxygen atoms in total. The van der Waals surface area contributed by atoms with Gasteiger partial charge in [0, 0.05) is 38.2 Å². The zero-order valence-corrected chi connectivity index (χ0v) is 14.9. The monoisotopic (exact) mass is 330 g/mol. The lowest BCUT2D eigenvalue weighted by Crippen LogP contribution is -2.35. The molecule has 0 saturated carbocycles. The Hall–Kier alpha value is -0.590. The van der Waals surface area contributed by atoms with E-state index in [-0.39, 0.29) is 23.7 Å². The fraction of sp³-hybridized carbons (Fsp3) is 0.875. The maximum Gasteiger partial charge on any atom is 0.223 e. The summed E-state index contributed by atoms with van der Waals surface area (Å²) in [6.07, 6.45) is 2.60. The first-order valence-electron chi connectivity index (χ1n) is 8.23. The number of aliphatic hydroxyl groups is 1. The maximum atomic E-state index is 12.1. The number of hydrogen-bond donors (Lipinski definition) is 1. The third-order valence-electron chi connectivity index (χ3n) is 4.25. The van der Waals surface area contributed by atoms with Gasteiger partial charge in [-0.2, -0.15) is 0 Å². The molecule has 0 bridgehead atoms. The quantitative estimate of drug-likeness (QED) is 0.659. The Morgan fingerprint density at radius 1 is 1.50 bits per heavy atom. The van der Waals surface area contributed by atoms with Crippen LogP contribution in [0.15, 0.2) is 0 Å². The first-order chi connectivity index (χ1) is 10.5. The fourth-order valence-electron chi connectivity index (χ4n) is 2.92. The number of aliphatic hydroxyl groups excluding tert-OH is 1. The van der Waals surface area contributed by atoms with E-state index in [4.69, 9.17) is 5.11 Å². The highest BCUT2D eigenvalue weighted by Gasteiger charge is 2.32. The molecule has 1 amide bonds. The van der Waals surface area contributed by atoms with Crippen LogP contribution in [0.2, 0.25) is 0 Å². The summed E-state index contributed by atoms with van der Waals surface area (Å²) in [6.45, 7) is 9.40. The highest BCUT2D eigenvalue weighted by Crippen LogP contribution is 2.25. The Bertz CT molecular complexity index is 365. The summed E-state index contributed by atoms with van der Waals surface area (Å²) in [5, 5.41) is 9.11. The minimum Gasteiger partial charge on any atom is -0.395 e. The summed E-state index contributed by atoms with van der Waals surface area (Å²) in [7, 11) is 0. The van der Waals surface area contributed by atoms with E-state index in [9.17, 15) is 9.59 Å². The Balaban J connectivity index is 2.31. The van der Waals surface area contributed by atoms with Crippen LogP contribution in [0.4, 0.5) is 0 Å². The van der Waals surface area contributed by atoms with E-state index >= 15 is 0 Å². The Morgan fingerprint density at radius 3 is 2.82 bits per heavy atom. The van der Waals surface area contributed by atoms with Crippen LogP contribution in [0.3, 0.4) is 0 Å². The number of amides is 1. The molecule has 6 heteroatoms. The van der Waals surface area contributed by atoms with Crippen molar-refractivity contribution in [1.82, 2.24) is 9.80 Å². The van der Waals surface area contributed by atoms with Gasteiger partial charge in [-0.3, -0.25) is 9.59 Å². The van der Waals surface area contributed by atoms with E-state index in [1.54, 1.807) is 6.92 Å². The Kier molecular flexibility index (Phi) is 9.05. The molecule has 1 N–H and O–H groups in total. The highest BCUT2D eigenvalue weighted by atomic mass is 32.2. The molecule has 22 heavy (non-hydrogen) atoms. The van der Waals surface area contributed by atoms with Crippen molar-refractivity contribution in [3.05, 3.63) is 0 Å². The Labute approximate surface area is 138 Å². The summed E-state index contributed by atoms with van der Waals surface area (Å²) in [5.74, 6) is 1.29. The number of carbonyl (C=O) groups excluding carboxylic acids is 2. The molecule has 0 radical (unpaired) electrons. The number of likely N-dealkylation sites (tertiary alicyclic amines) is 1. The predicted molar refractivity (Wildman–Crippen MR) is 90.9 cm³/mol. The van der Waals surface area contributed by atoms with Crippen LogP contribution in [-0.2, 0) is 9.59 Å². The zero-order chi connectivity index (χ0) is 16.5. The molecule has 0 aromatic carbocycles. The number of likely N-dealkylation sites (N-methyl/N-ethyl adjacent to an activating group) is 1. The van der Waals surface area contributed by atoms with E-state index < -0.39 is 0 Å². The lowest BCUT2D eigenvalue weighted by Gasteiger charge is -2.26. The second kappa shape index (κ2) is 10.2. The molecule has 1 aliphatic rings. The lowest BCUT2D eigenvalue weighted by molar-refractivity contribution is -0.129. The smallest absolute Gasteiger partial charge is 0.223 e. The molecule has 0 aromatic rings. The van der Waals surface area contributed by atoms with E-state index in [0.29, 0.717) is 12.3 Å². The van der Waals surface area contributed by atoms with E-state index in [1.165, 1.54) is 11.8 Å². The van der Waals surface area contributed by atoms with Gasteiger partial charge in [-0.1, -0.05) is 18.7 Å². The van der Waals surface area contributed by atoms with E-state index in [0.717, 1.165) is 44.8 Å². The number of rotatable bonds is 10. The van der Waals surface area contributed by atoms with Crippen LogP contribution in [0.1, 0.15) is 40.0 Å². The average Bonchev–Trinajstić information content (AvgIpc) is 2.85. The SMILES string of the molecule is CCN(CCO)CCCC(C)N1CC(CSC(C)=O)CC1=O. The second-order valence-corrected chi connectivity index (χ2v) is 7.26. The number of nitrogens with zero attached hydrogens (tertiary/aromatic N) is 2. The normalized spacial score (nSPS) is 20.0. The van der Waals surface area contributed by atoms with Gasteiger partial charge in [-0.15, -0.1) is 0 Å². The third kappa shape index (κ3) is 6.67. The largest absolute Gasteiger partial charge is 0.395 e. The topological polar surface area (TPSA) is 60.9 Å². The van der Waals surface area contributed by atoms with Gasteiger partial charge in [0.1, 0.15) is 0 Å². The van der Waals surface area contributed by atoms with Crippen molar-refractivity contribution in [3.8, 4) is 0 Å². The third-order valence-corrected chi connectivity index (χ3v) is 5.30. The van der Waals surface area contributed by atoms with Crippen LogP contribution >= 0.6 is 11.8 Å². The van der Waals surface area contributed by atoms with Gasteiger partial charge in [-0.25, -0.2) is 0 Å². The van der Waals surface area contributed by atoms with Crippen LogP contribution in [0.25, 0.3) is 0 Å². The van der Waals surface area contributed by atoms with Gasteiger partial charge in [0.15, 0.2) is 5.12 Å². The van der Waals surface area contributed by atoms with Crippen molar-refractivity contribution in [3.63, 3.8) is 0 Å². The van der Waals surface area contributed by atoms with Crippen molar-refractivity contribution in [2.45, 2.75) is 46.1 Å². The molecule has 0 aliphatic carbocycles. The molecular formula is C16H30N2O3S.